The summed E-state index contributed by atoms with van der Waals surface area (Å²) in [4.78, 5) is 24.2. The lowest BCUT2D eigenvalue weighted by atomic mass is 10.1. The summed E-state index contributed by atoms with van der Waals surface area (Å²) in [6, 6.07) is 13.4. The zero-order chi connectivity index (χ0) is 14.7. The molecule has 21 heavy (non-hydrogen) atoms. The van der Waals surface area contributed by atoms with Crippen LogP contribution in [-0.2, 0) is 16.1 Å². The molecule has 2 heterocycles. The summed E-state index contributed by atoms with van der Waals surface area (Å²) >= 11 is 0. The van der Waals surface area contributed by atoms with Crippen molar-refractivity contribution in [2.75, 3.05) is 0 Å². The van der Waals surface area contributed by atoms with Gasteiger partial charge in [-0.15, -0.1) is 0 Å². The van der Waals surface area contributed by atoms with Crippen molar-refractivity contribution in [3.63, 3.8) is 0 Å². The second kappa shape index (κ2) is 5.66. The lowest BCUT2D eigenvalue weighted by molar-refractivity contribution is -0.142. The highest BCUT2D eigenvalue weighted by Gasteiger charge is 2.11. The third-order valence-corrected chi connectivity index (χ3v) is 2.96. The third kappa shape index (κ3) is 2.86. The number of ether oxygens (including phenoxy) is 1. The van der Waals surface area contributed by atoms with Gasteiger partial charge in [0.15, 0.2) is 12.4 Å². The number of hydrogen-bond acceptors (Lipinski definition) is 5. The van der Waals surface area contributed by atoms with Crippen molar-refractivity contribution in [3.05, 3.63) is 54.5 Å². The summed E-state index contributed by atoms with van der Waals surface area (Å²) in [5.74, 6) is 0.107. The van der Waals surface area contributed by atoms with Crippen molar-refractivity contribution in [1.29, 1.82) is 0 Å². The van der Waals surface area contributed by atoms with Gasteiger partial charge < -0.3 is 4.74 Å². The molecule has 5 nitrogen and oxygen atoms in total. The monoisotopic (exact) mass is 279 g/mol. The summed E-state index contributed by atoms with van der Waals surface area (Å²) in [7, 11) is 0. The molecule has 3 rings (SSSR count). The van der Waals surface area contributed by atoms with Crippen LogP contribution in [0.25, 0.3) is 22.3 Å². The molecule has 0 amide bonds. The molecule has 0 fully saturated rings. The predicted molar refractivity (Wildman–Crippen MR) is 78.2 cm³/mol. The van der Waals surface area contributed by atoms with E-state index in [1.54, 1.807) is 6.20 Å². The fraction of sp³-hybridized carbons (Fsp3) is 0.125. The number of para-hydroxylation sites is 1. The first kappa shape index (κ1) is 13.2. The van der Waals surface area contributed by atoms with Crippen LogP contribution >= 0.6 is 0 Å². The molecule has 3 aromatic rings. The minimum Gasteiger partial charge on any atom is -0.458 e. The molecular weight excluding hydrogens is 266 g/mol. The van der Waals surface area contributed by atoms with Crippen LogP contribution in [0.3, 0.4) is 0 Å². The molecule has 5 heteroatoms. The Labute approximate surface area is 121 Å². The van der Waals surface area contributed by atoms with Gasteiger partial charge in [-0.2, -0.15) is 0 Å². The molecule has 0 saturated heterocycles. The van der Waals surface area contributed by atoms with E-state index >= 15 is 0 Å². The molecule has 0 saturated carbocycles. The van der Waals surface area contributed by atoms with Crippen molar-refractivity contribution in [3.8, 4) is 11.4 Å². The number of hydrogen-bond donors (Lipinski definition) is 0. The SMILES string of the molecule is CC(=O)OCc1nc(-c2ccccn2)c2ccccc2n1. The topological polar surface area (TPSA) is 65.0 Å². The Morgan fingerprint density at radius 2 is 1.90 bits per heavy atom. The third-order valence-electron chi connectivity index (χ3n) is 2.96. The number of aromatic nitrogens is 3. The van der Waals surface area contributed by atoms with Crippen LogP contribution in [-0.4, -0.2) is 20.9 Å². The van der Waals surface area contributed by atoms with Gasteiger partial charge in [-0.05, 0) is 18.2 Å². The fourth-order valence-corrected chi connectivity index (χ4v) is 2.05. The van der Waals surface area contributed by atoms with E-state index in [9.17, 15) is 4.79 Å². The van der Waals surface area contributed by atoms with Crippen molar-refractivity contribution in [1.82, 2.24) is 15.0 Å². The first-order valence-electron chi connectivity index (χ1n) is 6.54. The number of nitrogens with zero attached hydrogens (tertiary/aromatic N) is 3. The van der Waals surface area contributed by atoms with Gasteiger partial charge in [-0.25, -0.2) is 9.97 Å². The second-order valence-corrected chi connectivity index (χ2v) is 4.50. The van der Waals surface area contributed by atoms with Crippen LogP contribution in [0.4, 0.5) is 0 Å². The quantitative estimate of drug-likeness (QED) is 0.690. The molecule has 0 aliphatic rings. The lowest BCUT2D eigenvalue weighted by Crippen LogP contribution is -2.05. The van der Waals surface area contributed by atoms with Crippen LogP contribution in [0, 0.1) is 0 Å². The van der Waals surface area contributed by atoms with E-state index in [0.717, 1.165) is 22.3 Å². The number of benzene rings is 1. The standard InChI is InChI=1S/C16H13N3O2/c1-11(20)21-10-15-18-13-7-3-2-6-12(13)16(19-15)14-8-4-5-9-17-14/h2-9H,10H2,1H3. The minimum absolute atomic E-state index is 0.0556. The van der Waals surface area contributed by atoms with Crippen molar-refractivity contribution >= 4 is 16.9 Å². The molecule has 0 unspecified atom stereocenters. The molecule has 0 bridgehead atoms. The lowest BCUT2D eigenvalue weighted by Gasteiger charge is -2.08. The fourth-order valence-electron chi connectivity index (χ4n) is 2.05. The first-order valence-corrected chi connectivity index (χ1v) is 6.54. The maximum absolute atomic E-state index is 10.9. The smallest absolute Gasteiger partial charge is 0.303 e. The molecule has 104 valence electrons. The number of rotatable bonds is 3. The average Bonchev–Trinajstić information content (AvgIpc) is 2.53. The summed E-state index contributed by atoms with van der Waals surface area (Å²) in [5.41, 5.74) is 2.30. The molecule has 0 aliphatic heterocycles. The van der Waals surface area contributed by atoms with Gasteiger partial charge in [0.1, 0.15) is 5.69 Å². The predicted octanol–water partition coefficient (Wildman–Crippen LogP) is 2.75. The number of fused-ring (bicyclic) bond motifs is 1. The Kier molecular flexibility index (Phi) is 3.55. The highest BCUT2D eigenvalue weighted by molar-refractivity contribution is 5.91. The van der Waals surface area contributed by atoms with Gasteiger partial charge in [0.2, 0.25) is 0 Å². The Morgan fingerprint density at radius 1 is 1.10 bits per heavy atom. The van der Waals surface area contributed by atoms with E-state index in [4.69, 9.17) is 4.74 Å². The van der Waals surface area contributed by atoms with Crippen LogP contribution in [0.5, 0.6) is 0 Å². The maximum atomic E-state index is 10.9. The maximum Gasteiger partial charge on any atom is 0.303 e. The molecular formula is C16H13N3O2. The van der Waals surface area contributed by atoms with E-state index < -0.39 is 0 Å². The van der Waals surface area contributed by atoms with E-state index in [0.29, 0.717) is 5.82 Å². The molecule has 0 radical (unpaired) electrons. The van der Waals surface area contributed by atoms with E-state index in [2.05, 4.69) is 15.0 Å². The van der Waals surface area contributed by atoms with Crippen LogP contribution in [0.2, 0.25) is 0 Å². The molecule has 0 spiro atoms. The first-order chi connectivity index (χ1) is 10.2. The van der Waals surface area contributed by atoms with Gasteiger partial charge in [-0.1, -0.05) is 24.3 Å². The molecule has 0 atom stereocenters. The molecule has 2 aromatic heterocycles. The van der Waals surface area contributed by atoms with E-state index in [1.165, 1.54) is 6.92 Å². The number of esters is 1. The van der Waals surface area contributed by atoms with Crippen LogP contribution < -0.4 is 0 Å². The number of carbonyl (C=O) groups excluding carboxylic acids is 1. The van der Waals surface area contributed by atoms with Crippen molar-refractivity contribution < 1.29 is 9.53 Å². The Morgan fingerprint density at radius 3 is 2.67 bits per heavy atom. The normalized spacial score (nSPS) is 10.5. The number of pyridine rings is 1. The second-order valence-electron chi connectivity index (χ2n) is 4.50. The van der Waals surface area contributed by atoms with E-state index in [-0.39, 0.29) is 12.6 Å². The van der Waals surface area contributed by atoms with Gasteiger partial charge >= 0.3 is 5.97 Å². The summed E-state index contributed by atoms with van der Waals surface area (Å²) < 4.78 is 4.98. The highest BCUT2D eigenvalue weighted by Crippen LogP contribution is 2.24. The van der Waals surface area contributed by atoms with Gasteiger partial charge in [0.05, 0.1) is 11.2 Å². The zero-order valence-electron chi connectivity index (χ0n) is 11.5. The van der Waals surface area contributed by atoms with Crippen LogP contribution in [0.15, 0.2) is 48.7 Å². The molecule has 1 aromatic carbocycles. The van der Waals surface area contributed by atoms with E-state index in [1.807, 2.05) is 42.5 Å². The van der Waals surface area contributed by atoms with Crippen LogP contribution in [0.1, 0.15) is 12.7 Å². The summed E-state index contributed by atoms with van der Waals surface area (Å²) in [6.07, 6.45) is 1.72. The molecule has 0 N–H and O–H groups in total. The number of carbonyl (C=O) groups is 1. The minimum atomic E-state index is -0.355. The molecule has 0 aliphatic carbocycles. The average molecular weight is 279 g/mol. The van der Waals surface area contributed by atoms with Crippen molar-refractivity contribution in [2.24, 2.45) is 0 Å². The Balaban J connectivity index is 2.14. The van der Waals surface area contributed by atoms with Gasteiger partial charge in [-0.3, -0.25) is 9.78 Å². The Hall–Kier alpha value is -2.82. The largest absolute Gasteiger partial charge is 0.458 e. The Bertz CT molecular complexity index is 788. The highest BCUT2D eigenvalue weighted by atomic mass is 16.5. The summed E-state index contributed by atoms with van der Waals surface area (Å²) in [6.45, 7) is 1.42. The van der Waals surface area contributed by atoms with Gasteiger partial charge in [0.25, 0.3) is 0 Å². The zero-order valence-corrected chi connectivity index (χ0v) is 11.5. The van der Waals surface area contributed by atoms with Crippen molar-refractivity contribution in [2.45, 2.75) is 13.5 Å². The summed E-state index contributed by atoms with van der Waals surface area (Å²) in [5, 5.41) is 0.919. The van der Waals surface area contributed by atoms with Gasteiger partial charge in [0, 0.05) is 18.5 Å².